The maximum Gasteiger partial charge on any atom is 0.248 e. The predicted molar refractivity (Wildman–Crippen MR) is 80.5 cm³/mol. The number of primary amides is 1. The van der Waals surface area contributed by atoms with Crippen molar-refractivity contribution in [2.45, 2.75) is 19.8 Å². The highest BCUT2D eigenvalue weighted by Gasteiger charge is 2.20. The third-order valence-electron chi connectivity index (χ3n) is 3.95. The number of anilines is 1. The van der Waals surface area contributed by atoms with Gasteiger partial charge < -0.3 is 10.6 Å². The molecular formula is C15H19N5O. The van der Waals surface area contributed by atoms with E-state index in [-0.39, 0.29) is 0 Å². The summed E-state index contributed by atoms with van der Waals surface area (Å²) in [7, 11) is 0. The summed E-state index contributed by atoms with van der Waals surface area (Å²) >= 11 is 0. The molecule has 3 rings (SSSR count). The molecule has 2 aromatic rings. The van der Waals surface area contributed by atoms with Gasteiger partial charge in [-0.15, -0.1) is 10.2 Å². The van der Waals surface area contributed by atoms with E-state index in [9.17, 15) is 4.79 Å². The number of aromatic nitrogens is 3. The zero-order valence-corrected chi connectivity index (χ0v) is 12.1. The molecule has 2 heterocycles. The first-order valence-corrected chi connectivity index (χ1v) is 7.19. The van der Waals surface area contributed by atoms with Gasteiger partial charge in [0.15, 0.2) is 0 Å². The summed E-state index contributed by atoms with van der Waals surface area (Å²) in [5.74, 6) is 0.242. The van der Waals surface area contributed by atoms with Gasteiger partial charge in [-0.25, -0.2) is 0 Å². The van der Waals surface area contributed by atoms with Crippen LogP contribution in [0.2, 0.25) is 0 Å². The van der Waals surface area contributed by atoms with Crippen molar-refractivity contribution in [1.29, 1.82) is 0 Å². The average molecular weight is 285 g/mol. The lowest BCUT2D eigenvalue weighted by atomic mass is 9.99. The van der Waals surface area contributed by atoms with Crippen molar-refractivity contribution in [3.05, 3.63) is 36.4 Å². The molecule has 1 amide bonds. The molecule has 2 N–H and O–H groups in total. The monoisotopic (exact) mass is 285 g/mol. The molecule has 6 nitrogen and oxygen atoms in total. The van der Waals surface area contributed by atoms with E-state index < -0.39 is 5.91 Å². The SMILES string of the molecule is CC1CCCN(c2ccc(C(N)=O)cc2-n2cnnc2)C1. The highest BCUT2D eigenvalue weighted by Crippen LogP contribution is 2.29. The lowest BCUT2D eigenvalue weighted by Gasteiger charge is -2.34. The highest BCUT2D eigenvalue weighted by molar-refractivity contribution is 5.94. The number of piperidine rings is 1. The number of hydrogen-bond acceptors (Lipinski definition) is 4. The first-order valence-electron chi connectivity index (χ1n) is 7.19. The van der Waals surface area contributed by atoms with Gasteiger partial charge in [0.2, 0.25) is 5.91 Å². The predicted octanol–water partition coefficient (Wildman–Crippen LogP) is 1.60. The van der Waals surface area contributed by atoms with Gasteiger partial charge in [-0.2, -0.15) is 0 Å². The number of nitrogens with zero attached hydrogens (tertiary/aromatic N) is 4. The molecule has 1 aromatic heterocycles. The van der Waals surface area contributed by atoms with Gasteiger partial charge in [-0.05, 0) is 37.0 Å². The second kappa shape index (κ2) is 5.55. The molecule has 0 spiro atoms. The Morgan fingerprint density at radius 2 is 2.05 bits per heavy atom. The van der Waals surface area contributed by atoms with Gasteiger partial charge in [0, 0.05) is 18.7 Å². The second-order valence-corrected chi connectivity index (χ2v) is 5.63. The maximum atomic E-state index is 11.4. The number of rotatable bonds is 3. The van der Waals surface area contributed by atoms with E-state index in [0.717, 1.165) is 24.5 Å². The van der Waals surface area contributed by atoms with Gasteiger partial charge in [0.25, 0.3) is 0 Å². The van der Waals surface area contributed by atoms with Crippen molar-refractivity contribution in [1.82, 2.24) is 14.8 Å². The molecule has 1 unspecified atom stereocenters. The molecule has 1 aliphatic rings. The molecule has 110 valence electrons. The summed E-state index contributed by atoms with van der Waals surface area (Å²) in [5, 5.41) is 7.71. The summed E-state index contributed by atoms with van der Waals surface area (Å²) in [6, 6.07) is 5.55. The first-order chi connectivity index (χ1) is 10.1. The average Bonchev–Trinajstić information content (AvgIpc) is 3.00. The van der Waals surface area contributed by atoms with Crippen molar-refractivity contribution >= 4 is 11.6 Å². The Morgan fingerprint density at radius 1 is 1.29 bits per heavy atom. The Morgan fingerprint density at radius 3 is 2.71 bits per heavy atom. The van der Waals surface area contributed by atoms with Crippen molar-refractivity contribution < 1.29 is 4.79 Å². The molecule has 6 heteroatoms. The Kier molecular flexibility index (Phi) is 3.60. The molecule has 21 heavy (non-hydrogen) atoms. The molecule has 0 saturated carbocycles. The number of amides is 1. The van der Waals surface area contributed by atoms with Gasteiger partial charge in [0.1, 0.15) is 12.7 Å². The van der Waals surface area contributed by atoms with E-state index in [2.05, 4.69) is 22.0 Å². The van der Waals surface area contributed by atoms with Crippen molar-refractivity contribution in [2.24, 2.45) is 11.7 Å². The molecule has 1 saturated heterocycles. The molecule has 0 radical (unpaired) electrons. The molecule has 1 atom stereocenters. The van der Waals surface area contributed by atoms with E-state index in [1.807, 2.05) is 10.6 Å². The van der Waals surface area contributed by atoms with Crippen LogP contribution < -0.4 is 10.6 Å². The standard InChI is InChI=1S/C15H19N5O/c1-11-3-2-6-19(8-11)13-5-4-12(15(16)21)7-14(13)20-9-17-18-10-20/h4-5,7,9-11H,2-3,6,8H2,1H3,(H2,16,21). The van der Waals surface area contributed by atoms with Gasteiger partial charge >= 0.3 is 0 Å². The molecule has 1 aliphatic heterocycles. The van der Waals surface area contributed by atoms with E-state index >= 15 is 0 Å². The summed E-state index contributed by atoms with van der Waals surface area (Å²) in [6.07, 6.45) is 5.71. The van der Waals surface area contributed by atoms with Crippen molar-refractivity contribution in [2.75, 3.05) is 18.0 Å². The normalized spacial score (nSPS) is 18.7. The Labute approximate surface area is 123 Å². The van der Waals surface area contributed by atoms with Crippen LogP contribution in [-0.4, -0.2) is 33.8 Å². The minimum Gasteiger partial charge on any atom is -0.370 e. The lowest BCUT2D eigenvalue weighted by molar-refractivity contribution is 0.100. The number of carbonyl (C=O) groups is 1. The second-order valence-electron chi connectivity index (χ2n) is 5.63. The minimum atomic E-state index is -0.428. The smallest absolute Gasteiger partial charge is 0.248 e. The fraction of sp³-hybridized carbons (Fsp3) is 0.400. The van der Waals surface area contributed by atoms with Crippen molar-refractivity contribution in [3.63, 3.8) is 0 Å². The van der Waals surface area contributed by atoms with Gasteiger partial charge in [0.05, 0.1) is 11.4 Å². The molecular weight excluding hydrogens is 266 g/mol. The van der Waals surface area contributed by atoms with E-state index in [0.29, 0.717) is 11.5 Å². The third kappa shape index (κ3) is 2.74. The zero-order chi connectivity index (χ0) is 14.8. The summed E-state index contributed by atoms with van der Waals surface area (Å²) in [5.41, 5.74) is 7.87. The molecule has 1 fully saturated rings. The van der Waals surface area contributed by atoms with Gasteiger partial charge in [-0.3, -0.25) is 9.36 Å². The minimum absolute atomic E-state index is 0.428. The topological polar surface area (TPSA) is 77.0 Å². The van der Waals surface area contributed by atoms with Crippen LogP contribution in [0.25, 0.3) is 5.69 Å². The third-order valence-corrected chi connectivity index (χ3v) is 3.95. The van der Waals surface area contributed by atoms with Crippen LogP contribution in [0, 0.1) is 5.92 Å². The van der Waals surface area contributed by atoms with E-state index in [1.54, 1.807) is 24.8 Å². The van der Waals surface area contributed by atoms with Crippen LogP contribution in [0.3, 0.4) is 0 Å². The Balaban J connectivity index is 2.04. The van der Waals surface area contributed by atoms with Crippen LogP contribution in [-0.2, 0) is 0 Å². The first kappa shape index (κ1) is 13.6. The molecule has 0 aliphatic carbocycles. The number of nitrogens with two attached hydrogens (primary N) is 1. The van der Waals surface area contributed by atoms with E-state index in [4.69, 9.17) is 5.73 Å². The van der Waals surface area contributed by atoms with Crippen LogP contribution in [0.1, 0.15) is 30.1 Å². The summed E-state index contributed by atoms with van der Waals surface area (Å²) in [4.78, 5) is 13.8. The maximum absolute atomic E-state index is 11.4. The fourth-order valence-corrected chi connectivity index (χ4v) is 2.88. The van der Waals surface area contributed by atoms with Crippen molar-refractivity contribution in [3.8, 4) is 5.69 Å². The number of hydrogen-bond donors (Lipinski definition) is 1. The summed E-state index contributed by atoms with van der Waals surface area (Å²) < 4.78 is 1.82. The number of carbonyl (C=O) groups excluding carboxylic acids is 1. The van der Waals surface area contributed by atoms with Crippen LogP contribution in [0.15, 0.2) is 30.9 Å². The zero-order valence-electron chi connectivity index (χ0n) is 12.1. The molecule has 1 aromatic carbocycles. The highest BCUT2D eigenvalue weighted by atomic mass is 16.1. The quantitative estimate of drug-likeness (QED) is 0.929. The number of benzene rings is 1. The Bertz CT molecular complexity index is 638. The summed E-state index contributed by atoms with van der Waals surface area (Å²) in [6.45, 7) is 4.31. The lowest BCUT2D eigenvalue weighted by Crippen LogP contribution is -2.35. The van der Waals surface area contributed by atoms with Crippen LogP contribution in [0.5, 0.6) is 0 Å². The fourth-order valence-electron chi connectivity index (χ4n) is 2.88. The largest absolute Gasteiger partial charge is 0.370 e. The van der Waals surface area contributed by atoms with Crippen LogP contribution in [0.4, 0.5) is 5.69 Å². The Hall–Kier alpha value is -2.37. The van der Waals surface area contributed by atoms with E-state index in [1.165, 1.54) is 12.8 Å². The van der Waals surface area contributed by atoms with Crippen LogP contribution >= 0.6 is 0 Å². The van der Waals surface area contributed by atoms with Gasteiger partial charge in [-0.1, -0.05) is 6.92 Å². The molecule has 0 bridgehead atoms.